The van der Waals surface area contributed by atoms with Gasteiger partial charge in [0.1, 0.15) is 18.3 Å². The predicted molar refractivity (Wildman–Crippen MR) is 142 cm³/mol. The van der Waals surface area contributed by atoms with Crippen LogP contribution in [-0.4, -0.2) is 56.6 Å². The first-order chi connectivity index (χ1) is 16.2. The Morgan fingerprint density at radius 1 is 1.11 bits per heavy atom. The molecule has 0 aliphatic heterocycles. The van der Waals surface area contributed by atoms with Crippen LogP contribution in [0.1, 0.15) is 39.7 Å². The zero-order chi connectivity index (χ0) is 26.4. The van der Waals surface area contributed by atoms with E-state index in [0.29, 0.717) is 17.9 Å². The van der Waals surface area contributed by atoms with E-state index in [2.05, 4.69) is 21.2 Å². The van der Waals surface area contributed by atoms with Gasteiger partial charge >= 0.3 is 0 Å². The molecule has 192 valence electrons. The van der Waals surface area contributed by atoms with Crippen molar-refractivity contribution in [2.45, 2.75) is 52.2 Å². The average molecular weight is 569 g/mol. The molecule has 0 fully saturated rings. The summed E-state index contributed by atoms with van der Waals surface area (Å²) < 4.78 is 32.4. The van der Waals surface area contributed by atoms with E-state index in [1.807, 2.05) is 33.8 Å². The molecule has 0 spiro atoms. The maximum absolute atomic E-state index is 13.7. The van der Waals surface area contributed by atoms with Crippen LogP contribution >= 0.6 is 15.9 Å². The Hall–Kier alpha value is -2.59. The fourth-order valence-electron chi connectivity index (χ4n) is 3.56. The van der Waals surface area contributed by atoms with E-state index >= 15 is 0 Å². The Kier molecular flexibility index (Phi) is 9.74. The van der Waals surface area contributed by atoms with Crippen LogP contribution in [0.25, 0.3) is 0 Å². The van der Waals surface area contributed by atoms with Gasteiger partial charge in [-0.05, 0) is 69.2 Å². The lowest BCUT2D eigenvalue weighted by Crippen LogP contribution is -2.55. The van der Waals surface area contributed by atoms with Gasteiger partial charge in [0.25, 0.3) is 0 Å². The zero-order valence-corrected chi connectivity index (χ0v) is 23.4. The first kappa shape index (κ1) is 28.6. The second-order valence-electron chi connectivity index (χ2n) is 9.28. The van der Waals surface area contributed by atoms with Crippen LogP contribution in [0, 0.1) is 0 Å². The van der Waals surface area contributed by atoms with Gasteiger partial charge in [0.05, 0.1) is 19.1 Å². The second kappa shape index (κ2) is 11.9. The molecular formula is C25H34BrN3O5S. The number of ether oxygens (including phenoxy) is 1. The monoisotopic (exact) mass is 567 g/mol. The Morgan fingerprint density at radius 3 is 2.26 bits per heavy atom. The molecule has 1 N–H and O–H groups in total. The minimum atomic E-state index is -3.77. The van der Waals surface area contributed by atoms with Crippen LogP contribution in [0.5, 0.6) is 5.75 Å². The highest BCUT2D eigenvalue weighted by molar-refractivity contribution is 9.10. The molecule has 2 rings (SSSR count). The highest BCUT2D eigenvalue weighted by Crippen LogP contribution is 2.23. The molecule has 0 radical (unpaired) electrons. The Bertz CT molecular complexity index is 1130. The Balaban J connectivity index is 2.46. The molecule has 0 aliphatic rings. The molecule has 8 nitrogen and oxygen atoms in total. The lowest BCUT2D eigenvalue weighted by Gasteiger charge is -2.34. The third-order valence-corrected chi connectivity index (χ3v) is 6.83. The Labute approximate surface area is 216 Å². The summed E-state index contributed by atoms with van der Waals surface area (Å²) in [6, 6.07) is 13.1. The molecule has 1 atom stereocenters. The van der Waals surface area contributed by atoms with Gasteiger partial charge in [0, 0.05) is 16.6 Å². The summed E-state index contributed by atoms with van der Waals surface area (Å²) in [5.74, 6) is -0.169. The number of methoxy groups -OCH3 is 1. The number of hydrogen-bond acceptors (Lipinski definition) is 5. The molecule has 0 saturated carbocycles. The molecule has 0 saturated heterocycles. The number of nitrogens with one attached hydrogen (secondary N) is 1. The van der Waals surface area contributed by atoms with Crippen molar-refractivity contribution in [1.29, 1.82) is 0 Å². The van der Waals surface area contributed by atoms with E-state index in [1.165, 1.54) is 4.90 Å². The number of carbonyl (C=O) groups is 2. The normalized spacial score (nSPS) is 12.5. The molecule has 10 heteroatoms. The fourth-order valence-corrected chi connectivity index (χ4v) is 4.67. The SMILES string of the molecule is CC[C@H](C(=O)NC(C)(C)C)N(Cc1cccc(OC)c1)C(=O)CN(c1ccc(Br)cc1)S(C)(=O)=O. The van der Waals surface area contributed by atoms with Crippen molar-refractivity contribution in [2.75, 3.05) is 24.2 Å². The number of rotatable bonds is 10. The average Bonchev–Trinajstić information content (AvgIpc) is 2.76. The third kappa shape index (κ3) is 8.54. The first-order valence-electron chi connectivity index (χ1n) is 11.2. The number of nitrogens with zero attached hydrogens (tertiary/aromatic N) is 2. The fraction of sp³-hybridized carbons (Fsp3) is 0.440. The lowest BCUT2D eigenvalue weighted by atomic mass is 10.1. The topological polar surface area (TPSA) is 96.0 Å². The van der Waals surface area contributed by atoms with Crippen molar-refractivity contribution in [1.82, 2.24) is 10.2 Å². The summed E-state index contributed by atoms with van der Waals surface area (Å²) in [5.41, 5.74) is 0.623. The van der Waals surface area contributed by atoms with E-state index in [9.17, 15) is 18.0 Å². The van der Waals surface area contributed by atoms with Crippen molar-refractivity contribution >= 4 is 43.5 Å². The van der Waals surface area contributed by atoms with Crippen molar-refractivity contribution in [2.24, 2.45) is 0 Å². The van der Waals surface area contributed by atoms with Gasteiger partial charge in [0.2, 0.25) is 21.8 Å². The molecule has 0 aliphatic carbocycles. The number of benzene rings is 2. The summed E-state index contributed by atoms with van der Waals surface area (Å²) in [4.78, 5) is 28.3. The van der Waals surface area contributed by atoms with Gasteiger partial charge in [-0.1, -0.05) is 35.0 Å². The van der Waals surface area contributed by atoms with Crippen molar-refractivity contribution < 1.29 is 22.7 Å². The first-order valence-corrected chi connectivity index (χ1v) is 13.9. The summed E-state index contributed by atoms with van der Waals surface area (Å²) in [5, 5.41) is 2.94. The van der Waals surface area contributed by atoms with Crippen LogP contribution in [0.3, 0.4) is 0 Å². The number of sulfonamides is 1. The summed E-state index contributed by atoms with van der Waals surface area (Å²) in [6.07, 6.45) is 1.41. The summed E-state index contributed by atoms with van der Waals surface area (Å²) in [6.45, 7) is 7.09. The standard InChI is InChI=1S/C25H34BrN3O5S/c1-7-22(24(31)27-25(2,3)4)28(16-18-9-8-10-21(15-18)34-5)23(30)17-29(35(6,32)33)20-13-11-19(26)12-14-20/h8-15,22H,7,16-17H2,1-6H3,(H,27,31)/t22-/m1/s1. The van der Waals surface area contributed by atoms with Crippen LogP contribution in [0.2, 0.25) is 0 Å². The van der Waals surface area contributed by atoms with Crippen LogP contribution in [0.4, 0.5) is 5.69 Å². The van der Waals surface area contributed by atoms with Crippen LogP contribution in [0.15, 0.2) is 53.0 Å². The Morgan fingerprint density at radius 2 is 1.74 bits per heavy atom. The second-order valence-corrected chi connectivity index (χ2v) is 12.1. The lowest BCUT2D eigenvalue weighted by molar-refractivity contribution is -0.141. The molecule has 35 heavy (non-hydrogen) atoms. The van der Waals surface area contributed by atoms with Crippen LogP contribution in [-0.2, 0) is 26.2 Å². The predicted octanol–water partition coefficient (Wildman–Crippen LogP) is 3.95. The highest BCUT2D eigenvalue weighted by atomic mass is 79.9. The van der Waals surface area contributed by atoms with E-state index in [-0.39, 0.29) is 12.5 Å². The molecule has 0 heterocycles. The summed E-state index contributed by atoms with van der Waals surface area (Å²) in [7, 11) is -2.22. The highest BCUT2D eigenvalue weighted by Gasteiger charge is 2.33. The van der Waals surface area contributed by atoms with Crippen LogP contribution < -0.4 is 14.4 Å². The zero-order valence-electron chi connectivity index (χ0n) is 21.0. The van der Waals surface area contributed by atoms with E-state index in [1.54, 1.807) is 49.6 Å². The van der Waals surface area contributed by atoms with Crippen molar-refractivity contribution in [3.05, 3.63) is 58.6 Å². The quantitative estimate of drug-likeness (QED) is 0.469. The minimum absolute atomic E-state index is 0.115. The van der Waals surface area contributed by atoms with Crippen molar-refractivity contribution in [3.8, 4) is 5.75 Å². The summed E-state index contributed by atoms with van der Waals surface area (Å²) >= 11 is 3.34. The number of halogens is 1. The van der Waals surface area contributed by atoms with E-state index < -0.39 is 34.1 Å². The van der Waals surface area contributed by atoms with Gasteiger partial charge in [-0.3, -0.25) is 13.9 Å². The molecular weight excluding hydrogens is 534 g/mol. The van der Waals surface area contributed by atoms with Crippen molar-refractivity contribution in [3.63, 3.8) is 0 Å². The number of anilines is 1. The minimum Gasteiger partial charge on any atom is -0.497 e. The smallest absolute Gasteiger partial charge is 0.244 e. The van der Waals surface area contributed by atoms with Gasteiger partial charge in [-0.15, -0.1) is 0 Å². The molecule has 2 aromatic carbocycles. The number of carbonyl (C=O) groups excluding carboxylic acids is 2. The largest absolute Gasteiger partial charge is 0.497 e. The molecule has 0 bridgehead atoms. The number of amides is 2. The van der Waals surface area contributed by atoms with Gasteiger partial charge in [-0.2, -0.15) is 0 Å². The molecule has 0 aromatic heterocycles. The molecule has 2 amide bonds. The third-order valence-electron chi connectivity index (χ3n) is 5.16. The maximum Gasteiger partial charge on any atom is 0.244 e. The van der Waals surface area contributed by atoms with Gasteiger partial charge < -0.3 is 15.0 Å². The van der Waals surface area contributed by atoms with Gasteiger partial charge in [-0.25, -0.2) is 8.42 Å². The van der Waals surface area contributed by atoms with Gasteiger partial charge in [0.15, 0.2) is 0 Å². The maximum atomic E-state index is 13.7. The molecule has 0 unspecified atom stereocenters. The molecule has 2 aromatic rings. The van der Waals surface area contributed by atoms with E-state index in [0.717, 1.165) is 20.6 Å². The van der Waals surface area contributed by atoms with E-state index in [4.69, 9.17) is 4.74 Å². The number of hydrogen-bond donors (Lipinski definition) is 1.